The van der Waals surface area contributed by atoms with Crippen LogP contribution in [0.2, 0.25) is 0 Å². The minimum absolute atomic E-state index is 0.105. The van der Waals surface area contributed by atoms with Crippen molar-refractivity contribution in [3.8, 4) is 0 Å². The molecule has 0 fully saturated rings. The summed E-state index contributed by atoms with van der Waals surface area (Å²) in [5.74, 6) is 5.75. The van der Waals surface area contributed by atoms with Gasteiger partial charge >= 0.3 is 0 Å². The van der Waals surface area contributed by atoms with Crippen LogP contribution in [0.4, 0.5) is 11.5 Å². The largest absolute Gasteiger partial charge is 0.395 e. The minimum Gasteiger partial charge on any atom is -0.395 e. The third-order valence-corrected chi connectivity index (χ3v) is 1.35. The first-order valence-electron chi connectivity index (χ1n) is 3.64. The van der Waals surface area contributed by atoms with Crippen LogP contribution in [0.15, 0.2) is 18.3 Å². The van der Waals surface area contributed by atoms with E-state index >= 15 is 0 Å². The lowest BCUT2D eigenvalue weighted by Crippen LogP contribution is -2.10. The average Bonchev–Trinajstić information content (AvgIpc) is 2.15. The van der Waals surface area contributed by atoms with Gasteiger partial charge in [0.2, 0.25) is 0 Å². The first-order chi connectivity index (χ1) is 5.86. The highest BCUT2D eigenvalue weighted by Gasteiger charge is 1.92. The van der Waals surface area contributed by atoms with Crippen LogP contribution >= 0.6 is 0 Å². The van der Waals surface area contributed by atoms with E-state index in [4.69, 9.17) is 10.9 Å². The fourth-order valence-electron chi connectivity index (χ4n) is 0.820. The van der Waals surface area contributed by atoms with Crippen LogP contribution in [0.1, 0.15) is 0 Å². The Bertz CT molecular complexity index is 241. The molecule has 0 aliphatic heterocycles. The fourth-order valence-corrected chi connectivity index (χ4v) is 0.820. The number of nitrogens with two attached hydrogens (primary N) is 1. The number of rotatable bonds is 4. The van der Waals surface area contributed by atoms with Crippen molar-refractivity contribution in [1.82, 2.24) is 4.98 Å². The summed E-state index contributed by atoms with van der Waals surface area (Å²) in [5, 5.41) is 11.5. The van der Waals surface area contributed by atoms with Crippen molar-refractivity contribution in [2.75, 3.05) is 23.9 Å². The van der Waals surface area contributed by atoms with E-state index in [0.29, 0.717) is 12.4 Å². The van der Waals surface area contributed by atoms with Gasteiger partial charge in [-0.05, 0) is 6.07 Å². The molecule has 1 heterocycles. The number of aromatic nitrogens is 1. The topological polar surface area (TPSA) is 83.2 Å². The van der Waals surface area contributed by atoms with Crippen molar-refractivity contribution in [3.05, 3.63) is 18.3 Å². The van der Waals surface area contributed by atoms with Crippen molar-refractivity contribution < 1.29 is 5.11 Å². The lowest BCUT2D eigenvalue weighted by molar-refractivity contribution is 0.311. The summed E-state index contributed by atoms with van der Waals surface area (Å²) < 4.78 is 0. The molecule has 12 heavy (non-hydrogen) atoms. The molecule has 66 valence electrons. The molecular formula is C7H12N4O. The zero-order chi connectivity index (χ0) is 8.81. The summed E-state index contributed by atoms with van der Waals surface area (Å²) in [6.45, 7) is 0.627. The molecular weight excluding hydrogens is 156 g/mol. The standard InChI is InChI=1S/C7H12N4O/c8-11-7-5-6(1-2-10-7)9-3-4-12/h1-2,5,12H,3-4,8H2,(H2,9,10,11). The van der Waals surface area contributed by atoms with Crippen LogP contribution in [0.25, 0.3) is 0 Å². The van der Waals surface area contributed by atoms with Crippen LogP contribution in [-0.4, -0.2) is 23.2 Å². The second kappa shape index (κ2) is 4.53. The van der Waals surface area contributed by atoms with E-state index < -0.39 is 0 Å². The molecule has 1 aromatic rings. The van der Waals surface area contributed by atoms with E-state index in [-0.39, 0.29) is 6.61 Å². The Morgan fingerprint density at radius 3 is 3.08 bits per heavy atom. The normalized spacial score (nSPS) is 9.50. The summed E-state index contributed by atoms with van der Waals surface area (Å²) in [7, 11) is 0. The number of nitrogen functional groups attached to an aromatic ring is 1. The Morgan fingerprint density at radius 2 is 2.42 bits per heavy atom. The first kappa shape index (κ1) is 8.76. The Morgan fingerprint density at radius 1 is 1.58 bits per heavy atom. The maximum absolute atomic E-state index is 8.54. The first-order valence-corrected chi connectivity index (χ1v) is 3.64. The molecule has 0 spiro atoms. The van der Waals surface area contributed by atoms with E-state index in [2.05, 4.69) is 15.7 Å². The highest BCUT2D eigenvalue weighted by Crippen LogP contribution is 2.09. The van der Waals surface area contributed by atoms with E-state index in [1.54, 1.807) is 18.3 Å². The molecule has 1 aromatic heterocycles. The van der Waals surface area contributed by atoms with Crippen LogP contribution in [-0.2, 0) is 0 Å². The molecule has 0 aliphatic rings. The number of pyridine rings is 1. The number of anilines is 2. The molecule has 0 bridgehead atoms. The molecule has 5 N–H and O–H groups in total. The minimum atomic E-state index is 0.105. The van der Waals surface area contributed by atoms with Gasteiger partial charge in [0.25, 0.3) is 0 Å². The number of hydrazine groups is 1. The Kier molecular flexibility index (Phi) is 3.31. The maximum atomic E-state index is 8.54. The molecule has 0 aliphatic carbocycles. The molecule has 0 amide bonds. The SMILES string of the molecule is NNc1cc(NCCO)ccn1. The predicted octanol–water partition coefficient (Wildman–Crippen LogP) is -0.229. The molecule has 0 aromatic carbocycles. The maximum Gasteiger partial charge on any atom is 0.141 e. The Hall–Kier alpha value is -1.33. The molecule has 0 atom stereocenters. The molecule has 5 nitrogen and oxygen atoms in total. The van der Waals surface area contributed by atoms with Crippen molar-refractivity contribution in [1.29, 1.82) is 0 Å². The number of hydrogen-bond donors (Lipinski definition) is 4. The van der Waals surface area contributed by atoms with Crippen LogP contribution in [0.3, 0.4) is 0 Å². The van der Waals surface area contributed by atoms with Gasteiger partial charge in [-0.25, -0.2) is 10.8 Å². The zero-order valence-corrected chi connectivity index (χ0v) is 6.62. The number of aliphatic hydroxyl groups is 1. The van der Waals surface area contributed by atoms with Crippen molar-refractivity contribution in [2.45, 2.75) is 0 Å². The third-order valence-electron chi connectivity index (χ3n) is 1.35. The van der Waals surface area contributed by atoms with Gasteiger partial charge in [0, 0.05) is 24.5 Å². The monoisotopic (exact) mass is 168 g/mol. The predicted molar refractivity (Wildman–Crippen MR) is 47.6 cm³/mol. The third kappa shape index (κ3) is 2.37. The zero-order valence-electron chi connectivity index (χ0n) is 6.62. The van der Waals surface area contributed by atoms with Crippen molar-refractivity contribution in [2.24, 2.45) is 5.84 Å². The average molecular weight is 168 g/mol. The van der Waals surface area contributed by atoms with Gasteiger partial charge < -0.3 is 15.8 Å². The van der Waals surface area contributed by atoms with Crippen LogP contribution in [0.5, 0.6) is 0 Å². The molecule has 0 unspecified atom stereocenters. The summed E-state index contributed by atoms with van der Waals surface area (Å²) in [6.07, 6.45) is 1.63. The van der Waals surface area contributed by atoms with Crippen LogP contribution in [0, 0.1) is 0 Å². The molecule has 1 rings (SSSR count). The van der Waals surface area contributed by atoms with Gasteiger partial charge in [-0.15, -0.1) is 0 Å². The molecule has 0 saturated heterocycles. The lowest BCUT2D eigenvalue weighted by atomic mass is 10.4. The quantitative estimate of drug-likeness (QED) is 0.369. The second-order valence-corrected chi connectivity index (χ2v) is 2.22. The molecule has 0 radical (unpaired) electrons. The summed E-state index contributed by atoms with van der Waals surface area (Å²) in [5.41, 5.74) is 3.31. The number of nitrogens with one attached hydrogen (secondary N) is 2. The van der Waals surface area contributed by atoms with E-state index in [0.717, 1.165) is 5.69 Å². The van der Waals surface area contributed by atoms with Crippen molar-refractivity contribution in [3.63, 3.8) is 0 Å². The summed E-state index contributed by atoms with van der Waals surface area (Å²) >= 11 is 0. The van der Waals surface area contributed by atoms with Crippen LogP contribution < -0.4 is 16.6 Å². The van der Waals surface area contributed by atoms with Gasteiger partial charge in [-0.2, -0.15) is 0 Å². The Labute approximate surface area is 70.6 Å². The van der Waals surface area contributed by atoms with E-state index in [1.807, 2.05) is 0 Å². The second-order valence-electron chi connectivity index (χ2n) is 2.22. The van der Waals surface area contributed by atoms with E-state index in [9.17, 15) is 0 Å². The molecule has 0 saturated carbocycles. The highest BCUT2D eigenvalue weighted by molar-refractivity contribution is 5.51. The summed E-state index contributed by atoms with van der Waals surface area (Å²) in [6, 6.07) is 3.56. The smallest absolute Gasteiger partial charge is 0.141 e. The highest BCUT2D eigenvalue weighted by atomic mass is 16.3. The molecule has 5 heteroatoms. The lowest BCUT2D eigenvalue weighted by Gasteiger charge is -2.05. The van der Waals surface area contributed by atoms with Gasteiger partial charge in [0.05, 0.1) is 6.61 Å². The van der Waals surface area contributed by atoms with Gasteiger partial charge in [0.15, 0.2) is 0 Å². The van der Waals surface area contributed by atoms with E-state index in [1.165, 1.54) is 0 Å². The number of nitrogens with zero attached hydrogens (tertiary/aromatic N) is 1. The van der Waals surface area contributed by atoms with Gasteiger partial charge in [-0.3, -0.25) is 0 Å². The Balaban J connectivity index is 2.60. The van der Waals surface area contributed by atoms with Gasteiger partial charge in [-0.1, -0.05) is 0 Å². The number of hydrogen-bond acceptors (Lipinski definition) is 5. The summed E-state index contributed by atoms with van der Waals surface area (Å²) in [4.78, 5) is 3.93. The van der Waals surface area contributed by atoms with Crippen molar-refractivity contribution >= 4 is 11.5 Å². The van der Waals surface area contributed by atoms with Gasteiger partial charge in [0.1, 0.15) is 5.82 Å². The fraction of sp³-hybridized carbons (Fsp3) is 0.286. The number of aliphatic hydroxyl groups excluding tert-OH is 1.